The molecular formula is C23H28FN5O4. The van der Waals surface area contributed by atoms with E-state index < -0.39 is 23.5 Å². The third kappa shape index (κ3) is 4.42. The number of hydrogen-bond acceptors (Lipinski definition) is 5. The highest BCUT2D eigenvalue weighted by molar-refractivity contribution is 6.09. The zero-order chi connectivity index (χ0) is 24.1. The van der Waals surface area contributed by atoms with Gasteiger partial charge in [0.05, 0.1) is 5.52 Å². The fourth-order valence-electron chi connectivity index (χ4n) is 4.17. The maximum atomic E-state index is 15.3. The number of aromatic nitrogens is 2. The molecule has 0 bridgehead atoms. The fraction of sp³-hybridized carbons (Fsp3) is 0.478. The topological polar surface area (TPSA) is 96.8 Å². The van der Waals surface area contributed by atoms with Gasteiger partial charge in [0.1, 0.15) is 11.4 Å². The van der Waals surface area contributed by atoms with E-state index in [1.807, 2.05) is 33.8 Å². The molecule has 1 atom stereocenters. The quantitative estimate of drug-likeness (QED) is 0.744. The number of nitrogens with zero attached hydrogens (tertiary/aromatic N) is 4. The van der Waals surface area contributed by atoms with Crippen molar-refractivity contribution in [2.45, 2.75) is 52.2 Å². The number of urea groups is 1. The van der Waals surface area contributed by atoms with E-state index in [1.54, 1.807) is 22.7 Å². The van der Waals surface area contributed by atoms with Crippen molar-refractivity contribution in [3.63, 3.8) is 0 Å². The van der Waals surface area contributed by atoms with Crippen molar-refractivity contribution in [2.24, 2.45) is 7.05 Å². The largest absolute Gasteiger partial charge is 0.444 e. The normalized spacial score (nSPS) is 19.6. The molecular weight excluding hydrogens is 429 g/mol. The Labute approximate surface area is 191 Å². The molecule has 1 saturated heterocycles. The second kappa shape index (κ2) is 8.17. The summed E-state index contributed by atoms with van der Waals surface area (Å²) >= 11 is 0. The number of benzene rings is 1. The molecule has 33 heavy (non-hydrogen) atoms. The van der Waals surface area contributed by atoms with Crippen molar-refractivity contribution in [3.05, 3.63) is 29.6 Å². The lowest BCUT2D eigenvalue weighted by molar-refractivity contribution is -0.120. The van der Waals surface area contributed by atoms with Gasteiger partial charge in [-0.05, 0) is 51.8 Å². The molecule has 4 amide bonds. The number of hydrogen-bond donors (Lipinski definition) is 1. The molecule has 10 heteroatoms. The summed E-state index contributed by atoms with van der Waals surface area (Å²) < 4.78 is 22.3. The van der Waals surface area contributed by atoms with Gasteiger partial charge in [0.15, 0.2) is 5.82 Å². The summed E-state index contributed by atoms with van der Waals surface area (Å²) in [6.07, 6.45) is 2.08. The van der Waals surface area contributed by atoms with Crippen LogP contribution in [0.2, 0.25) is 0 Å². The zero-order valence-electron chi connectivity index (χ0n) is 19.4. The number of fused-ring (bicyclic) bond motifs is 1. The molecule has 2 aromatic rings. The van der Waals surface area contributed by atoms with Crippen LogP contribution in [0.5, 0.6) is 0 Å². The van der Waals surface area contributed by atoms with Crippen LogP contribution in [-0.4, -0.2) is 57.4 Å². The van der Waals surface area contributed by atoms with E-state index in [4.69, 9.17) is 4.74 Å². The third-order valence-electron chi connectivity index (χ3n) is 5.79. The minimum atomic E-state index is -0.590. The summed E-state index contributed by atoms with van der Waals surface area (Å²) in [7, 11) is 1.72. The summed E-state index contributed by atoms with van der Waals surface area (Å²) in [6, 6.07) is 2.37. The van der Waals surface area contributed by atoms with Crippen LogP contribution in [0.15, 0.2) is 18.2 Å². The number of carbonyl (C=O) groups is 3. The highest BCUT2D eigenvalue weighted by Gasteiger charge is 2.31. The smallest absolute Gasteiger partial charge is 0.410 e. The van der Waals surface area contributed by atoms with Crippen LogP contribution in [0, 0.1) is 5.82 Å². The third-order valence-corrected chi connectivity index (χ3v) is 5.79. The molecule has 0 unspecified atom stereocenters. The highest BCUT2D eigenvalue weighted by Crippen LogP contribution is 2.34. The number of carbonyl (C=O) groups excluding carboxylic acids is 3. The van der Waals surface area contributed by atoms with Gasteiger partial charge in [0, 0.05) is 43.5 Å². The second-order valence-corrected chi connectivity index (χ2v) is 9.47. The standard InChI is InChI=1S/C23H28FN5O4/c1-13-10-14(6-8-28(13)22(32)33-23(2,3)4)15-12-18-16(11-17(15)24)20(26-27(18)5)29-9-7-19(30)25-21(29)31/h6,11-13H,7-10H2,1-5H3,(H,25,30,31)/t13-/m0/s1. The van der Waals surface area contributed by atoms with Crippen molar-refractivity contribution < 1.29 is 23.5 Å². The number of anilines is 1. The van der Waals surface area contributed by atoms with E-state index in [-0.39, 0.29) is 24.9 Å². The molecule has 1 aromatic heterocycles. The molecule has 1 N–H and O–H groups in total. The summed E-state index contributed by atoms with van der Waals surface area (Å²) in [4.78, 5) is 39.2. The van der Waals surface area contributed by atoms with Crippen LogP contribution in [0.25, 0.3) is 16.5 Å². The molecule has 9 nitrogen and oxygen atoms in total. The van der Waals surface area contributed by atoms with Crippen LogP contribution < -0.4 is 10.2 Å². The molecule has 176 valence electrons. The Morgan fingerprint density at radius 1 is 1.27 bits per heavy atom. The van der Waals surface area contributed by atoms with E-state index in [1.165, 1.54) is 11.0 Å². The first-order valence-corrected chi connectivity index (χ1v) is 10.9. The lowest BCUT2D eigenvalue weighted by Crippen LogP contribution is -2.49. The second-order valence-electron chi connectivity index (χ2n) is 9.47. The molecule has 0 radical (unpaired) electrons. The lowest BCUT2D eigenvalue weighted by Gasteiger charge is -2.34. The Balaban J connectivity index is 1.64. The Morgan fingerprint density at radius 2 is 2.00 bits per heavy atom. The van der Waals surface area contributed by atoms with Gasteiger partial charge >= 0.3 is 12.1 Å². The average Bonchev–Trinajstić information content (AvgIpc) is 3.01. The van der Waals surface area contributed by atoms with Gasteiger partial charge in [-0.3, -0.25) is 19.7 Å². The number of aryl methyl sites for hydroxylation is 1. The SMILES string of the molecule is C[C@H]1CC(c2cc3c(cc2F)c(N2CCC(=O)NC2=O)nn3C)=CCN1C(=O)OC(C)(C)C. The van der Waals surface area contributed by atoms with Gasteiger partial charge in [-0.25, -0.2) is 14.0 Å². The van der Waals surface area contributed by atoms with Crippen molar-refractivity contribution >= 4 is 40.3 Å². The van der Waals surface area contributed by atoms with Crippen LogP contribution in [0.4, 0.5) is 19.8 Å². The van der Waals surface area contributed by atoms with Crippen molar-refractivity contribution in [1.29, 1.82) is 0 Å². The predicted octanol–water partition coefficient (Wildman–Crippen LogP) is 3.57. The average molecular weight is 458 g/mol. The molecule has 0 saturated carbocycles. The maximum absolute atomic E-state index is 15.3. The number of rotatable bonds is 2. The van der Waals surface area contributed by atoms with E-state index in [2.05, 4.69) is 10.4 Å². The van der Waals surface area contributed by atoms with Crippen molar-refractivity contribution in [2.75, 3.05) is 18.0 Å². The molecule has 3 heterocycles. The molecule has 0 aliphatic carbocycles. The predicted molar refractivity (Wildman–Crippen MR) is 121 cm³/mol. The first-order valence-electron chi connectivity index (χ1n) is 10.9. The molecule has 1 aromatic carbocycles. The highest BCUT2D eigenvalue weighted by atomic mass is 19.1. The number of amides is 4. The van der Waals surface area contributed by atoms with E-state index >= 15 is 4.39 Å². The van der Waals surface area contributed by atoms with Crippen LogP contribution in [0.1, 0.15) is 46.1 Å². The first kappa shape index (κ1) is 22.8. The summed E-state index contributed by atoms with van der Waals surface area (Å²) in [5, 5.41) is 7.17. The Kier molecular flexibility index (Phi) is 5.63. The number of ether oxygens (including phenoxy) is 1. The van der Waals surface area contributed by atoms with E-state index in [0.29, 0.717) is 35.2 Å². The van der Waals surface area contributed by atoms with Gasteiger partial charge in [-0.1, -0.05) is 6.08 Å². The molecule has 1 fully saturated rings. The maximum Gasteiger partial charge on any atom is 0.410 e. The monoisotopic (exact) mass is 457 g/mol. The van der Waals surface area contributed by atoms with E-state index in [0.717, 1.165) is 5.57 Å². The van der Waals surface area contributed by atoms with Crippen molar-refractivity contribution in [1.82, 2.24) is 20.0 Å². The van der Waals surface area contributed by atoms with Gasteiger partial charge in [0.25, 0.3) is 0 Å². The first-order chi connectivity index (χ1) is 15.4. The van der Waals surface area contributed by atoms with E-state index in [9.17, 15) is 14.4 Å². The van der Waals surface area contributed by atoms with Crippen LogP contribution in [0.3, 0.4) is 0 Å². The molecule has 2 aliphatic rings. The van der Waals surface area contributed by atoms with Gasteiger partial charge < -0.3 is 9.64 Å². The summed E-state index contributed by atoms with van der Waals surface area (Å²) in [6.45, 7) is 7.87. The molecule has 4 rings (SSSR count). The number of imide groups is 1. The van der Waals surface area contributed by atoms with Crippen molar-refractivity contribution in [3.8, 4) is 0 Å². The Hall–Kier alpha value is -3.43. The fourth-order valence-corrected chi connectivity index (χ4v) is 4.17. The zero-order valence-corrected chi connectivity index (χ0v) is 19.4. The summed E-state index contributed by atoms with van der Waals surface area (Å²) in [5.74, 6) is -0.469. The minimum absolute atomic E-state index is 0.156. The Bertz CT molecular complexity index is 1180. The van der Waals surface area contributed by atoms with Gasteiger partial charge in [-0.15, -0.1) is 0 Å². The number of nitrogens with one attached hydrogen (secondary N) is 1. The lowest BCUT2D eigenvalue weighted by atomic mass is 9.94. The van der Waals surface area contributed by atoms with Crippen LogP contribution >= 0.6 is 0 Å². The van der Waals surface area contributed by atoms with Gasteiger partial charge in [0.2, 0.25) is 5.91 Å². The molecule has 2 aliphatic heterocycles. The summed E-state index contributed by atoms with van der Waals surface area (Å²) in [5.41, 5.74) is 1.30. The Morgan fingerprint density at radius 3 is 2.64 bits per heavy atom. The number of halogens is 1. The minimum Gasteiger partial charge on any atom is -0.444 e. The molecule has 0 spiro atoms. The van der Waals surface area contributed by atoms with Crippen LogP contribution in [-0.2, 0) is 16.6 Å². The van der Waals surface area contributed by atoms with Gasteiger partial charge in [-0.2, -0.15) is 5.10 Å².